The highest BCUT2D eigenvalue weighted by molar-refractivity contribution is 6.01. The average Bonchev–Trinajstić information content (AvgIpc) is 3.54. The Morgan fingerprint density at radius 3 is 2.61 bits per heavy atom. The summed E-state index contributed by atoms with van der Waals surface area (Å²) >= 11 is 0. The van der Waals surface area contributed by atoms with E-state index in [4.69, 9.17) is 9.57 Å². The summed E-state index contributed by atoms with van der Waals surface area (Å²) in [6, 6.07) is 12.0. The van der Waals surface area contributed by atoms with Gasteiger partial charge in [0, 0.05) is 18.2 Å². The van der Waals surface area contributed by atoms with E-state index in [9.17, 15) is 14.3 Å². The summed E-state index contributed by atoms with van der Waals surface area (Å²) < 4.78 is 21.6. The molecule has 170 valence electrons. The molecule has 0 bridgehead atoms. The average molecular weight is 451 g/mol. The lowest BCUT2D eigenvalue weighted by atomic mass is 9.99. The van der Waals surface area contributed by atoms with Crippen LogP contribution in [0.3, 0.4) is 0 Å². The van der Waals surface area contributed by atoms with Gasteiger partial charge in [0.1, 0.15) is 11.9 Å². The molecule has 3 heterocycles. The second-order valence-electron chi connectivity index (χ2n) is 8.09. The van der Waals surface area contributed by atoms with Crippen LogP contribution in [0.5, 0.6) is 0 Å². The summed E-state index contributed by atoms with van der Waals surface area (Å²) in [4.78, 5) is 18.8. The smallest absolute Gasteiger partial charge is 0.414 e. The minimum Gasteiger partial charge on any atom is -0.441 e. The van der Waals surface area contributed by atoms with Crippen LogP contribution in [0.25, 0.3) is 11.1 Å². The van der Waals surface area contributed by atoms with Crippen molar-refractivity contribution in [1.82, 2.24) is 15.0 Å². The van der Waals surface area contributed by atoms with E-state index in [1.807, 2.05) is 37.4 Å². The predicted octanol–water partition coefficient (Wildman–Crippen LogP) is 2.90. The van der Waals surface area contributed by atoms with Gasteiger partial charge in [-0.15, -0.1) is 5.10 Å². The molecule has 10 heteroatoms. The Kier molecular flexibility index (Phi) is 5.51. The number of halogens is 1. The number of rotatable bonds is 6. The SMILES string of the molecule is Cc1cn(CC2CC(c3ccc(-c4ccc(N5CC(CO)OC5=O)cc4F)cc3)=NO2)nn1. The lowest BCUT2D eigenvalue weighted by Crippen LogP contribution is -2.25. The van der Waals surface area contributed by atoms with Gasteiger partial charge in [0.05, 0.1) is 36.8 Å². The number of anilines is 1. The number of carbonyl (C=O) groups is 1. The molecule has 2 aliphatic heterocycles. The number of amides is 1. The maximum Gasteiger partial charge on any atom is 0.414 e. The molecule has 2 unspecified atom stereocenters. The summed E-state index contributed by atoms with van der Waals surface area (Å²) in [5.74, 6) is -0.453. The Morgan fingerprint density at radius 1 is 1.15 bits per heavy atom. The van der Waals surface area contributed by atoms with Gasteiger partial charge in [-0.2, -0.15) is 0 Å². The zero-order chi connectivity index (χ0) is 22.9. The molecule has 33 heavy (non-hydrogen) atoms. The van der Waals surface area contributed by atoms with Crippen molar-refractivity contribution >= 4 is 17.5 Å². The Morgan fingerprint density at radius 2 is 1.94 bits per heavy atom. The van der Waals surface area contributed by atoms with Crippen LogP contribution < -0.4 is 4.90 Å². The third-order valence-electron chi connectivity index (χ3n) is 5.65. The van der Waals surface area contributed by atoms with Gasteiger partial charge in [0.15, 0.2) is 6.10 Å². The van der Waals surface area contributed by atoms with E-state index in [-0.39, 0.29) is 19.3 Å². The molecule has 1 aromatic heterocycles. The number of carbonyl (C=O) groups excluding carboxylic acids is 1. The lowest BCUT2D eigenvalue weighted by Gasteiger charge is -2.14. The molecule has 0 spiro atoms. The molecule has 0 aliphatic carbocycles. The van der Waals surface area contributed by atoms with Crippen molar-refractivity contribution < 1.29 is 23.9 Å². The first-order valence-electron chi connectivity index (χ1n) is 10.6. The summed E-state index contributed by atoms with van der Waals surface area (Å²) in [5, 5.41) is 21.4. The van der Waals surface area contributed by atoms with E-state index in [2.05, 4.69) is 15.5 Å². The first-order chi connectivity index (χ1) is 16.0. The number of nitrogens with zero attached hydrogens (tertiary/aromatic N) is 5. The number of aromatic nitrogens is 3. The maximum absolute atomic E-state index is 14.9. The van der Waals surface area contributed by atoms with Gasteiger partial charge >= 0.3 is 6.09 Å². The van der Waals surface area contributed by atoms with Crippen molar-refractivity contribution in [3.63, 3.8) is 0 Å². The largest absolute Gasteiger partial charge is 0.441 e. The van der Waals surface area contributed by atoms with Crippen LogP contribution in [0.4, 0.5) is 14.9 Å². The highest BCUT2D eigenvalue weighted by Gasteiger charge is 2.32. The van der Waals surface area contributed by atoms with Crippen molar-refractivity contribution in [1.29, 1.82) is 0 Å². The van der Waals surface area contributed by atoms with E-state index < -0.39 is 18.0 Å². The van der Waals surface area contributed by atoms with Gasteiger partial charge in [-0.25, -0.2) is 13.9 Å². The number of hydrogen-bond acceptors (Lipinski definition) is 7. The Balaban J connectivity index is 1.26. The third kappa shape index (κ3) is 4.29. The Labute approximate surface area is 189 Å². The molecule has 1 N–H and O–H groups in total. The van der Waals surface area contributed by atoms with E-state index >= 15 is 0 Å². The van der Waals surface area contributed by atoms with Crippen molar-refractivity contribution in [2.75, 3.05) is 18.1 Å². The first-order valence-corrected chi connectivity index (χ1v) is 10.6. The molecule has 5 rings (SSSR count). The lowest BCUT2D eigenvalue weighted by molar-refractivity contribution is 0.0693. The molecular formula is C23H22FN5O4. The minimum atomic E-state index is -0.602. The van der Waals surface area contributed by atoms with Gasteiger partial charge in [0.25, 0.3) is 0 Å². The quantitative estimate of drug-likeness (QED) is 0.618. The van der Waals surface area contributed by atoms with Crippen LogP contribution in [-0.4, -0.2) is 57.3 Å². The molecule has 1 amide bonds. The molecule has 3 aromatic rings. The molecule has 2 aliphatic rings. The fraction of sp³-hybridized carbons (Fsp3) is 0.304. The normalized spacial score (nSPS) is 20.0. The third-order valence-corrected chi connectivity index (χ3v) is 5.65. The predicted molar refractivity (Wildman–Crippen MR) is 117 cm³/mol. The Hall–Kier alpha value is -3.79. The van der Waals surface area contributed by atoms with Crippen LogP contribution in [0, 0.1) is 12.7 Å². The second kappa shape index (κ2) is 8.62. The van der Waals surface area contributed by atoms with Crippen molar-refractivity contribution in [2.45, 2.75) is 32.1 Å². The highest BCUT2D eigenvalue weighted by Crippen LogP contribution is 2.30. The molecule has 2 atom stereocenters. The van der Waals surface area contributed by atoms with Crippen molar-refractivity contribution in [3.8, 4) is 11.1 Å². The van der Waals surface area contributed by atoms with Gasteiger partial charge < -0.3 is 14.7 Å². The number of aliphatic hydroxyl groups is 1. The first kappa shape index (κ1) is 21.1. The van der Waals surface area contributed by atoms with Gasteiger partial charge in [-0.1, -0.05) is 34.6 Å². The zero-order valence-corrected chi connectivity index (χ0v) is 17.9. The number of cyclic esters (lactones) is 1. The van der Waals surface area contributed by atoms with Gasteiger partial charge in [-0.05, 0) is 36.2 Å². The van der Waals surface area contributed by atoms with Crippen molar-refractivity contribution in [3.05, 3.63) is 65.7 Å². The topological polar surface area (TPSA) is 102 Å². The fourth-order valence-corrected chi connectivity index (χ4v) is 3.97. The van der Waals surface area contributed by atoms with E-state index in [0.717, 1.165) is 17.0 Å². The van der Waals surface area contributed by atoms with Crippen LogP contribution in [0.15, 0.2) is 53.8 Å². The summed E-state index contributed by atoms with van der Waals surface area (Å²) in [6.07, 6.45) is 1.18. The molecule has 0 saturated carbocycles. The summed E-state index contributed by atoms with van der Waals surface area (Å²) in [6.45, 7) is 2.36. The molecule has 1 fully saturated rings. The number of ether oxygens (including phenoxy) is 1. The number of aryl methyl sites for hydroxylation is 1. The van der Waals surface area contributed by atoms with Crippen molar-refractivity contribution in [2.24, 2.45) is 5.16 Å². The molecule has 9 nitrogen and oxygen atoms in total. The maximum atomic E-state index is 14.9. The van der Waals surface area contributed by atoms with Crippen LogP contribution >= 0.6 is 0 Å². The Bertz CT molecular complexity index is 1210. The highest BCUT2D eigenvalue weighted by atomic mass is 19.1. The molecule has 2 aromatic carbocycles. The number of hydrogen-bond donors (Lipinski definition) is 1. The molecular weight excluding hydrogens is 429 g/mol. The fourth-order valence-electron chi connectivity index (χ4n) is 3.97. The van der Waals surface area contributed by atoms with Crippen LogP contribution in [-0.2, 0) is 16.1 Å². The minimum absolute atomic E-state index is 0.117. The standard InChI is InChI=1S/C23H22FN5O4/c1-14-10-28(27-25-14)11-18-9-22(26-33-18)16-4-2-15(3-5-16)20-7-6-17(8-21(20)24)29-12-19(13-30)32-23(29)31/h2-8,10,18-19,30H,9,11-13H2,1H3. The molecule has 0 radical (unpaired) electrons. The number of benzene rings is 2. The second-order valence-corrected chi connectivity index (χ2v) is 8.09. The van der Waals surface area contributed by atoms with E-state index in [1.54, 1.807) is 16.8 Å². The molecule has 1 saturated heterocycles. The summed E-state index contributed by atoms with van der Waals surface area (Å²) in [5.41, 5.74) is 4.09. The number of oxime groups is 1. The van der Waals surface area contributed by atoms with Crippen LogP contribution in [0.1, 0.15) is 17.7 Å². The van der Waals surface area contributed by atoms with Gasteiger partial charge in [-0.3, -0.25) is 4.90 Å². The van der Waals surface area contributed by atoms with Crippen LogP contribution in [0.2, 0.25) is 0 Å². The monoisotopic (exact) mass is 451 g/mol. The number of aliphatic hydroxyl groups excluding tert-OH is 1. The summed E-state index contributed by atoms with van der Waals surface area (Å²) in [7, 11) is 0. The van der Waals surface area contributed by atoms with E-state index in [0.29, 0.717) is 29.8 Å². The van der Waals surface area contributed by atoms with Gasteiger partial charge in [0.2, 0.25) is 0 Å². The zero-order valence-electron chi connectivity index (χ0n) is 17.9. The van der Waals surface area contributed by atoms with E-state index in [1.165, 1.54) is 11.0 Å².